The molecule has 0 saturated carbocycles. The molecule has 0 atom stereocenters. The number of nitrogens with zero attached hydrogens (tertiary/aromatic N) is 3. The highest BCUT2D eigenvalue weighted by Crippen LogP contribution is 2.41. The molecule has 3 heterocycles. The second-order valence-electron chi connectivity index (χ2n) is 14.9. The standard InChI is InChI=1S/C54H35N3/c1-2-15-36(16-3-1)37-17-14-18-38(33-37)41-19-4-9-24-48(41)57-52-28-13-8-23-45(52)47-35-40(30-32-54(47)57)56-51-27-12-7-22-44(51)46-34-39(29-31-53(46)56)55-49-25-10-5-20-42(49)43-21-6-11-26-50(43)55/h1-35H. The Hall–Kier alpha value is -7.62. The van der Waals surface area contributed by atoms with Crippen LogP contribution in [-0.4, -0.2) is 13.7 Å². The summed E-state index contributed by atoms with van der Waals surface area (Å²) in [5, 5.41) is 7.47. The lowest BCUT2D eigenvalue weighted by atomic mass is 9.98. The van der Waals surface area contributed by atoms with E-state index in [-0.39, 0.29) is 0 Å². The van der Waals surface area contributed by atoms with Crippen molar-refractivity contribution in [3.05, 3.63) is 212 Å². The van der Waals surface area contributed by atoms with Crippen LogP contribution >= 0.6 is 0 Å². The van der Waals surface area contributed by atoms with E-state index in [0.717, 1.165) is 17.1 Å². The van der Waals surface area contributed by atoms with Crippen molar-refractivity contribution >= 4 is 65.4 Å². The summed E-state index contributed by atoms with van der Waals surface area (Å²) in [4.78, 5) is 0. The van der Waals surface area contributed by atoms with Crippen molar-refractivity contribution in [3.63, 3.8) is 0 Å². The van der Waals surface area contributed by atoms with E-state index in [4.69, 9.17) is 0 Å². The van der Waals surface area contributed by atoms with Gasteiger partial charge in [-0.15, -0.1) is 0 Å². The van der Waals surface area contributed by atoms with E-state index < -0.39 is 0 Å². The van der Waals surface area contributed by atoms with Crippen LogP contribution in [0.25, 0.3) is 105 Å². The maximum atomic E-state index is 2.45. The second-order valence-corrected chi connectivity index (χ2v) is 14.9. The van der Waals surface area contributed by atoms with E-state index >= 15 is 0 Å². The number of hydrogen-bond acceptors (Lipinski definition) is 0. The van der Waals surface area contributed by atoms with E-state index in [1.54, 1.807) is 0 Å². The molecule has 0 N–H and O–H groups in total. The summed E-state index contributed by atoms with van der Waals surface area (Å²) in [7, 11) is 0. The molecule has 0 bridgehead atoms. The number of rotatable bonds is 5. The van der Waals surface area contributed by atoms with Crippen molar-refractivity contribution in [3.8, 4) is 39.3 Å². The lowest BCUT2D eigenvalue weighted by molar-refractivity contribution is 1.16. The fourth-order valence-electron chi connectivity index (χ4n) is 9.35. The Labute approximate surface area is 329 Å². The zero-order chi connectivity index (χ0) is 37.5. The van der Waals surface area contributed by atoms with Crippen LogP contribution < -0.4 is 0 Å². The molecule has 12 rings (SSSR count). The van der Waals surface area contributed by atoms with Crippen molar-refractivity contribution in [1.82, 2.24) is 13.7 Å². The van der Waals surface area contributed by atoms with Crippen LogP contribution in [0.15, 0.2) is 212 Å². The Morgan fingerprint density at radius 2 is 0.632 bits per heavy atom. The molecule has 0 aliphatic carbocycles. The first-order chi connectivity index (χ1) is 28.3. The van der Waals surface area contributed by atoms with Crippen molar-refractivity contribution in [2.24, 2.45) is 0 Å². The monoisotopic (exact) mass is 725 g/mol. The Kier molecular flexibility index (Phi) is 6.93. The van der Waals surface area contributed by atoms with Gasteiger partial charge < -0.3 is 13.7 Å². The zero-order valence-electron chi connectivity index (χ0n) is 31.0. The quantitative estimate of drug-likeness (QED) is 0.168. The molecular weight excluding hydrogens is 691 g/mol. The third kappa shape index (κ3) is 4.79. The molecule has 0 saturated heterocycles. The number of hydrogen-bond donors (Lipinski definition) is 0. The van der Waals surface area contributed by atoms with Crippen LogP contribution in [0.5, 0.6) is 0 Å². The van der Waals surface area contributed by atoms with Gasteiger partial charge in [-0.2, -0.15) is 0 Å². The molecule has 266 valence electrons. The van der Waals surface area contributed by atoms with Gasteiger partial charge in [-0.3, -0.25) is 0 Å². The van der Waals surface area contributed by atoms with Crippen LogP contribution in [0.1, 0.15) is 0 Å². The van der Waals surface area contributed by atoms with E-state index in [1.807, 2.05) is 0 Å². The summed E-state index contributed by atoms with van der Waals surface area (Å²) < 4.78 is 7.30. The highest BCUT2D eigenvalue weighted by atomic mass is 15.0. The minimum absolute atomic E-state index is 1.14. The van der Waals surface area contributed by atoms with Gasteiger partial charge in [-0.25, -0.2) is 0 Å². The van der Waals surface area contributed by atoms with Gasteiger partial charge in [0.1, 0.15) is 0 Å². The van der Waals surface area contributed by atoms with Gasteiger partial charge >= 0.3 is 0 Å². The number of fused-ring (bicyclic) bond motifs is 9. The fourth-order valence-corrected chi connectivity index (χ4v) is 9.35. The molecule has 0 spiro atoms. The van der Waals surface area contributed by atoms with Crippen molar-refractivity contribution in [1.29, 1.82) is 0 Å². The van der Waals surface area contributed by atoms with Crippen LogP contribution in [0.4, 0.5) is 0 Å². The average molecular weight is 726 g/mol. The third-order valence-electron chi connectivity index (χ3n) is 11.8. The third-order valence-corrected chi connectivity index (χ3v) is 11.8. The highest BCUT2D eigenvalue weighted by Gasteiger charge is 2.19. The topological polar surface area (TPSA) is 14.8 Å². The molecule has 12 aromatic rings. The molecule has 0 aliphatic heterocycles. The minimum atomic E-state index is 1.14. The molecule has 0 unspecified atom stereocenters. The van der Waals surface area contributed by atoms with Crippen molar-refractivity contribution in [2.45, 2.75) is 0 Å². The fraction of sp³-hybridized carbons (Fsp3) is 0. The van der Waals surface area contributed by atoms with Gasteiger partial charge in [0.25, 0.3) is 0 Å². The molecular formula is C54H35N3. The van der Waals surface area contributed by atoms with Crippen LogP contribution in [-0.2, 0) is 0 Å². The zero-order valence-corrected chi connectivity index (χ0v) is 31.0. The maximum Gasteiger partial charge on any atom is 0.0542 e. The lowest BCUT2D eigenvalue weighted by Crippen LogP contribution is -1.98. The van der Waals surface area contributed by atoms with Crippen molar-refractivity contribution in [2.75, 3.05) is 0 Å². The van der Waals surface area contributed by atoms with E-state index in [9.17, 15) is 0 Å². The molecule has 57 heavy (non-hydrogen) atoms. The summed E-state index contributed by atoms with van der Waals surface area (Å²) in [6.45, 7) is 0. The molecule has 9 aromatic carbocycles. The number of para-hydroxylation sites is 5. The number of benzene rings is 9. The molecule has 3 nitrogen and oxygen atoms in total. The molecule has 0 radical (unpaired) electrons. The van der Waals surface area contributed by atoms with Gasteiger partial charge in [0.15, 0.2) is 0 Å². The largest absolute Gasteiger partial charge is 0.309 e. The van der Waals surface area contributed by atoms with Gasteiger partial charge in [-0.1, -0.05) is 140 Å². The Balaban J connectivity index is 1.05. The molecule has 3 aromatic heterocycles. The predicted molar refractivity (Wildman–Crippen MR) is 240 cm³/mol. The SMILES string of the molecule is c1ccc(-c2cccc(-c3ccccc3-n3c4ccccc4c4cc(-n5c6ccccc6c6cc(-n7c8ccccc8c8ccccc87)ccc65)ccc43)c2)cc1. The normalized spacial score (nSPS) is 11.9. The van der Waals surface area contributed by atoms with Gasteiger partial charge in [-0.05, 0) is 89.5 Å². The highest BCUT2D eigenvalue weighted by molar-refractivity contribution is 6.14. The Morgan fingerprint density at radius 3 is 1.21 bits per heavy atom. The predicted octanol–water partition coefficient (Wildman–Crippen LogP) is 14.3. The second kappa shape index (κ2) is 12.5. The van der Waals surface area contributed by atoms with Crippen LogP contribution in [0, 0.1) is 0 Å². The first kappa shape index (κ1) is 31.7. The summed E-state index contributed by atoms with van der Waals surface area (Å²) in [6, 6.07) is 77.4. The first-order valence-corrected chi connectivity index (χ1v) is 19.6. The molecule has 0 aliphatic rings. The Morgan fingerprint density at radius 1 is 0.228 bits per heavy atom. The summed E-state index contributed by atoms with van der Waals surface area (Å²) in [5.41, 5.74) is 15.5. The average Bonchev–Trinajstić information content (AvgIpc) is 3.92. The maximum absolute atomic E-state index is 2.45. The van der Waals surface area contributed by atoms with Crippen LogP contribution in [0.3, 0.4) is 0 Å². The van der Waals surface area contributed by atoms with E-state index in [0.29, 0.717) is 0 Å². The molecule has 3 heteroatoms. The number of aromatic nitrogens is 3. The van der Waals surface area contributed by atoms with Crippen LogP contribution in [0.2, 0.25) is 0 Å². The molecule has 0 amide bonds. The summed E-state index contributed by atoms with van der Waals surface area (Å²) in [6.07, 6.45) is 0. The molecule has 0 fully saturated rings. The smallest absolute Gasteiger partial charge is 0.0542 e. The van der Waals surface area contributed by atoms with E-state index in [1.165, 1.54) is 87.7 Å². The lowest BCUT2D eigenvalue weighted by Gasteiger charge is -2.15. The van der Waals surface area contributed by atoms with E-state index in [2.05, 4.69) is 226 Å². The van der Waals surface area contributed by atoms with Crippen molar-refractivity contribution < 1.29 is 0 Å². The summed E-state index contributed by atoms with van der Waals surface area (Å²) >= 11 is 0. The minimum Gasteiger partial charge on any atom is -0.309 e. The van der Waals surface area contributed by atoms with Gasteiger partial charge in [0.05, 0.1) is 38.8 Å². The summed E-state index contributed by atoms with van der Waals surface area (Å²) in [5.74, 6) is 0. The first-order valence-electron chi connectivity index (χ1n) is 19.6. The van der Waals surface area contributed by atoms with Gasteiger partial charge in [0.2, 0.25) is 0 Å². The van der Waals surface area contributed by atoms with Gasteiger partial charge in [0, 0.05) is 49.3 Å². The Bertz CT molecular complexity index is 3470.